The Labute approximate surface area is 854 Å². The van der Waals surface area contributed by atoms with Gasteiger partial charge in [0, 0.05) is 154 Å². The number of ether oxygens (including phenoxy) is 7. The molecule has 0 saturated heterocycles. The van der Waals surface area contributed by atoms with E-state index in [0.717, 1.165) is 107 Å². The first-order chi connectivity index (χ1) is 57.4. The Balaban J connectivity index is -0.000000651. The van der Waals surface area contributed by atoms with Gasteiger partial charge in [-0.05, 0) is 153 Å². The summed E-state index contributed by atoms with van der Waals surface area (Å²) in [5.41, 5.74) is 29.3. The van der Waals surface area contributed by atoms with Gasteiger partial charge in [-0.15, -0.1) is 0 Å². The van der Waals surface area contributed by atoms with Crippen LogP contribution in [0.25, 0.3) is 22.7 Å². The van der Waals surface area contributed by atoms with E-state index in [2.05, 4.69) is 123 Å². The normalized spacial score (nSPS) is 9.11. The van der Waals surface area contributed by atoms with E-state index in [0.29, 0.717) is 34.3 Å². The standard InChI is InChI=1S/C11H11N3O3.2C11H13N3O.C11H12N2O2.C7H8BrNO.C7H7BrO2.C7H6FNO3.3C4H6N2.CH2O3.4Cu.2K.2O.H/c1-8-6-13(7-12-8)10-4-3-9(14(15)16)5-11(10)17-2;2*1-8-6-14(7-13-8)10-4-3-9(12)5-11(10)15-2;1-8-6-13(7-12-8)10-4-3-9(14)5-11(10)15-2;2*1-10-7-4-5(9)2-3-6(7)8;1-12-7-4-5(9(10)11)2-3-6(7)8;3*1-4-2-5-3-6-4;2-1-4-3;;;;;;;;;/h3-7H,1-2H3;2*3-7H,12H2,1-2H3;3-7,14H,1-2H3;2-4H,9H2,1H3;2-4,9H,1H3;2-4H,1H3;3*2-3H,1H3,(H,5,6);1,3H;;;;;;;;;/q;;;;;;;;;;;;;;;2*+1;;;-1/p-1. The van der Waals surface area contributed by atoms with Crippen LogP contribution in [0.2, 0.25) is 0 Å². The van der Waals surface area contributed by atoms with Gasteiger partial charge in [0.15, 0.2) is 11.6 Å². The van der Waals surface area contributed by atoms with Crippen molar-refractivity contribution >= 4 is 66.8 Å². The summed E-state index contributed by atoms with van der Waals surface area (Å²) in [5.74, 6) is 3.61. The Morgan fingerprint density at radius 1 is 0.427 bits per heavy atom. The number of halogens is 3. The summed E-state index contributed by atoms with van der Waals surface area (Å²) < 4.78 is 72.8. The van der Waals surface area contributed by atoms with Crippen molar-refractivity contribution in [1.82, 2.24) is 68.1 Å². The second kappa shape index (κ2) is 67.1. The van der Waals surface area contributed by atoms with Crippen LogP contribution in [-0.2, 0) is 83.4 Å². The van der Waals surface area contributed by atoms with Crippen LogP contribution in [0.15, 0.2) is 224 Å². The number of nitro benzene ring substituents is 2. The number of methoxy groups -OCH3 is 7. The number of nitrogens with zero attached hydrogens (tertiary/aromatic N) is 13. The molecule has 0 aliphatic rings. The molecule has 0 bridgehead atoms. The zero-order chi connectivity index (χ0) is 89.8. The number of H-pyrrole nitrogens is 3. The SMILES string of the molecule is COc1cc(N)ccc1-n1cnc(C)c1.COc1cc(N)ccc1-n1cnc(C)c1.COc1cc(N)ccc1Br.COc1cc(O)ccc1-n1cnc(C)c1.COc1cc(O)ccc1Br.COc1cc([N+](=O)[O-])ccc1-n1cnc(C)c1.COc1cc([N+](=O)[O-])ccc1F.Cc1cnc[nH]1.Cc1cnc[nH]1.Cc1cnc[nH]1.O=CO[O-].[Cu].[Cu].[H-].[K+].[K+].[O]=[Cu].[O]=[Cu]. The molecular formula is C78H90Br2Cu4FK2N19O18. The summed E-state index contributed by atoms with van der Waals surface area (Å²) >= 11 is 12.4. The van der Waals surface area contributed by atoms with E-state index >= 15 is 0 Å². The fourth-order valence-electron chi connectivity index (χ4n) is 8.96. The van der Waals surface area contributed by atoms with Crippen LogP contribution in [0.5, 0.6) is 51.7 Å². The van der Waals surface area contributed by atoms with Crippen LogP contribution in [0, 0.1) is 74.5 Å². The van der Waals surface area contributed by atoms with Crippen LogP contribution < -0.4 is 158 Å². The molecule has 0 spiro atoms. The fourth-order valence-corrected chi connectivity index (χ4v) is 9.78. The Morgan fingerprint density at radius 3 is 0.935 bits per heavy atom. The number of phenolic OH excluding ortho intramolecular Hbond substituents is 2. The summed E-state index contributed by atoms with van der Waals surface area (Å²) in [4.78, 5) is 67.6. The van der Waals surface area contributed by atoms with Crippen molar-refractivity contribution in [1.29, 1.82) is 0 Å². The molecule has 0 saturated carbocycles. The van der Waals surface area contributed by atoms with Crippen molar-refractivity contribution < 1.29 is 250 Å². The molecule has 124 heavy (non-hydrogen) atoms. The number of aromatic hydroxyl groups is 2. The molecule has 0 atom stereocenters. The molecule has 7 aromatic carbocycles. The van der Waals surface area contributed by atoms with Crippen molar-refractivity contribution in [2.75, 3.05) is 67.0 Å². The third-order valence-corrected chi connectivity index (χ3v) is 15.8. The predicted molar refractivity (Wildman–Crippen MR) is 443 cm³/mol. The molecular weight excluding hydrogens is 2000 g/mol. The number of hydrogen-bond acceptors (Lipinski definition) is 28. The van der Waals surface area contributed by atoms with E-state index in [4.69, 9.17) is 68.4 Å². The second-order valence-corrected chi connectivity index (χ2v) is 24.9. The summed E-state index contributed by atoms with van der Waals surface area (Å²) in [6.07, 6.45) is 24.8. The van der Waals surface area contributed by atoms with Gasteiger partial charge < -0.3 is 105 Å². The third kappa shape index (κ3) is 44.5. The van der Waals surface area contributed by atoms with Crippen molar-refractivity contribution in [2.45, 2.75) is 48.5 Å². The first kappa shape index (κ1) is 119. The van der Waals surface area contributed by atoms with E-state index in [9.17, 15) is 29.7 Å². The molecule has 0 aliphatic carbocycles. The molecule has 46 heteroatoms. The monoisotopic (exact) mass is 2090 g/mol. The average Bonchev–Trinajstić information content (AvgIpc) is 1.76. The maximum atomic E-state index is 12.7. The summed E-state index contributed by atoms with van der Waals surface area (Å²) in [6.45, 7) is 13.4. The van der Waals surface area contributed by atoms with Gasteiger partial charge in [0.2, 0.25) is 0 Å². The molecule has 0 fully saturated rings. The number of nitrogen functional groups attached to an aromatic ring is 3. The molecule has 37 nitrogen and oxygen atoms in total. The predicted octanol–water partition coefficient (Wildman–Crippen LogP) is 7.94. The van der Waals surface area contributed by atoms with Crippen molar-refractivity contribution in [3.8, 4) is 74.5 Å². The van der Waals surface area contributed by atoms with Gasteiger partial charge in [0.1, 0.15) is 46.0 Å². The van der Waals surface area contributed by atoms with Crippen LogP contribution >= 0.6 is 31.9 Å². The number of aryl methyl sites for hydroxylation is 7. The van der Waals surface area contributed by atoms with E-state index in [1.807, 2.05) is 123 Å². The van der Waals surface area contributed by atoms with Crippen molar-refractivity contribution in [2.24, 2.45) is 0 Å². The molecule has 11 N–H and O–H groups in total. The number of nitro groups is 2. The molecule has 7 aromatic heterocycles. The van der Waals surface area contributed by atoms with Gasteiger partial charge in [0.05, 0.1) is 171 Å². The second-order valence-electron chi connectivity index (χ2n) is 23.2. The van der Waals surface area contributed by atoms with Crippen LogP contribution in [0.4, 0.5) is 32.8 Å². The van der Waals surface area contributed by atoms with Gasteiger partial charge in [-0.25, -0.2) is 39.3 Å². The molecule has 672 valence electrons. The van der Waals surface area contributed by atoms with Crippen LogP contribution in [0.1, 0.15) is 41.3 Å². The molecule has 7 heterocycles. The molecule has 0 unspecified atom stereocenters. The van der Waals surface area contributed by atoms with Gasteiger partial charge >= 0.3 is 142 Å². The number of nitrogens with one attached hydrogen (secondary N) is 3. The van der Waals surface area contributed by atoms with Crippen molar-refractivity contribution in [3.05, 3.63) is 290 Å². The van der Waals surface area contributed by atoms with E-state index in [1.54, 1.807) is 164 Å². The van der Waals surface area contributed by atoms with Gasteiger partial charge in [-0.3, -0.25) is 25.0 Å². The van der Waals surface area contributed by atoms with E-state index in [-0.39, 0.29) is 173 Å². The van der Waals surface area contributed by atoms with Gasteiger partial charge in [-0.2, -0.15) is 0 Å². The Kier molecular flexibility index (Phi) is 64.3. The number of imidazole rings is 7. The molecule has 0 aliphatic heterocycles. The van der Waals surface area contributed by atoms with Crippen LogP contribution in [-0.4, -0.2) is 144 Å². The number of benzene rings is 7. The van der Waals surface area contributed by atoms with E-state index < -0.39 is 15.7 Å². The number of aromatic amines is 3. The third-order valence-electron chi connectivity index (χ3n) is 14.5. The summed E-state index contributed by atoms with van der Waals surface area (Å²) in [5, 5.41) is 47.6. The van der Waals surface area contributed by atoms with Crippen LogP contribution in [0.3, 0.4) is 0 Å². The fraction of sp³-hybridized carbons (Fsp3) is 0.179. The van der Waals surface area contributed by atoms with Gasteiger partial charge in [-0.1, -0.05) is 0 Å². The number of anilines is 3. The topological polar surface area (TPSA) is 510 Å². The summed E-state index contributed by atoms with van der Waals surface area (Å²) in [7, 11) is 10.7. The number of carbonyl (C=O) groups excluding carboxylic acids is 1. The maximum absolute atomic E-state index is 12.7. The molecule has 2 radical (unpaired) electrons. The average molecular weight is 2090 g/mol. The number of nitrogens with two attached hydrogens (primary N) is 3. The molecule has 0 amide bonds. The Morgan fingerprint density at radius 2 is 0.677 bits per heavy atom. The molecule has 14 aromatic rings. The number of hydrogen-bond donors (Lipinski definition) is 8. The number of phenols is 2. The van der Waals surface area contributed by atoms with Gasteiger partial charge in [0.25, 0.3) is 17.8 Å². The Bertz CT molecular complexity index is 4990. The number of rotatable bonds is 14. The first-order valence-electron chi connectivity index (χ1n) is 34.0. The zero-order valence-corrected chi connectivity index (χ0v) is 82.8. The van der Waals surface area contributed by atoms with Crippen molar-refractivity contribution in [3.63, 3.8) is 0 Å². The first-order valence-corrected chi connectivity index (χ1v) is 36.3. The molecule has 14 rings (SSSR count). The number of carbonyl (C=O) groups is 1. The minimum absolute atomic E-state index is 0. The van der Waals surface area contributed by atoms with E-state index in [1.165, 1.54) is 26.4 Å². The Hall–Kier alpha value is -9.32. The zero-order valence-electron chi connectivity index (χ0n) is 70.6. The summed E-state index contributed by atoms with van der Waals surface area (Å²) in [6, 6.07) is 34.0. The number of aromatic nitrogens is 14. The minimum atomic E-state index is -0.609. The number of non-ortho nitro benzene ring substituents is 2. The quantitative estimate of drug-likeness (QED) is 0.0128.